The molecule has 0 aromatic heterocycles. The van der Waals surface area contributed by atoms with E-state index >= 15 is 0 Å². The molecule has 0 aromatic carbocycles. The number of carboxylic acids is 1. The highest BCUT2D eigenvalue weighted by Gasteiger charge is 2.58. The van der Waals surface area contributed by atoms with Crippen LogP contribution in [0.15, 0.2) is 36.5 Å². The molecule has 0 heterocycles. The Bertz CT molecular complexity index is 1180. The summed E-state index contributed by atoms with van der Waals surface area (Å²) in [5.74, 6) is -3.70. The van der Waals surface area contributed by atoms with Gasteiger partial charge in [-0.2, -0.15) is 0 Å². The van der Waals surface area contributed by atoms with Gasteiger partial charge in [-0.3, -0.25) is 19.2 Å². The summed E-state index contributed by atoms with van der Waals surface area (Å²) >= 11 is 0. The lowest BCUT2D eigenvalue weighted by molar-refractivity contribution is -0.167. The third-order valence-electron chi connectivity index (χ3n) is 14.2. The number of ketones is 3. The van der Waals surface area contributed by atoms with Crippen LogP contribution in [0.5, 0.6) is 0 Å². The number of carbonyl (C=O) groups excluding carboxylic acids is 3. The molecule has 0 amide bonds. The Hall–Kier alpha value is -2.30. The Kier molecular flexibility index (Phi) is 48.4. The summed E-state index contributed by atoms with van der Waals surface area (Å²) in [6.45, 7) is 8.86. The van der Waals surface area contributed by atoms with Gasteiger partial charge in [0.1, 0.15) is 5.78 Å². The molecule has 0 aromatic rings. The van der Waals surface area contributed by atoms with E-state index in [2.05, 4.69) is 64.2 Å². The largest absolute Gasteiger partial charge is 0.480 e. The van der Waals surface area contributed by atoms with Crippen molar-refractivity contribution in [3.63, 3.8) is 0 Å². The first-order chi connectivity index (χ1) is 32.8. The molecule has 0 aliphatic rings. The smallest absolute Gasteiger partial charge is 0.325 e. The molecule has 67 heavy (non-hydrogen) atoms. The predicted octanol–water partition coefficient (Wildman–Crippen LogP) is 20.1. The maximum absolute atomic E-state index is 14.5. The maximum atomic E-state index is 14.5. The van der Waals surface area contributed by atoms with E-state index < -0.39 is 28.9 Å². The van der Waals surface area contributed by atoms with Crippen molar-refractivity contribution in [1.29, 1.82) is 0 Å². The van der Waals surface area contributed by atoms with E-state index in [9.17, 15) is 24.3 Å². The SMILES string of the molecule is CCCCCCCCC=CCCCCCCCC(=O)C(CCCCC)C(C(=O)O)(C(=O)CCCCCCCC=CCCCCCCCC)C(=O)CCCCCCCC=CCCCCCCCC. The van der Waals surface area contributed by atoms with Crippen LogP contribution >= 0.6 is 0 Å². The fourth-order valence-corrected chi connectivity index (χ4v) is 9.80. The average molecular weight is 938 g/mol. The Labute approximate surface area is 416 Å². The molecule has 0 aliphatic heterocycles. The van der Waals surface area contributed by atoms with Gasteiger partial charge in [-0.1, -0.05) is 238 Å². The quantitative estimate of drug-likeness (QED) is 0.0373. The number of hydrogen-bond donors (Lipinski definition) is 1. The second kappa shape index (κ2) is 50.1. The van der Waals surface area contributed by atoms with Gasteiger partial charge in [0.2, 0.25) is 0 Å². The van der Waals surface area contributed by atoms with Crippen LogP contribution in [0.1, 0.15) is 323 Å². The molecule has 0 radical (unpaired) electrons. The molecule has 0 rings (SSSR count). The lowest BCUT2D eigenvalue weighted by Gasteiger charge is -2.34. The van der Waals surface area contributed by atoms with E-state index in [1.165, 1.54) is 122 Å². The minimum atomic E-state index is -2.27. The van der Waals surface area contributed by atoms with Crippen molar-refractivity contribution >= 4 is 23.3 Å². The van der Waals surface area contributed by atoms with Crippen LogP contribution in [0, 0.1) is 11.3 Å². The van der Waals surface area contributed by atoms with E-state index in [-0.39, 0.29) is 25.0 Å². The molecular formula is C62H112O5. The van der Waals surface area contributed by atoms with E-state index in [0.29, 0.717) is 32.1 Å². The molecule has 1 unspecified atom stereocenters. The Balaban J connectivity index is 5.40. The van der Waals surface area contributed by atoms with E-state index in [1.807, 2.05) is 0 Å². The lowest BCUT2D eigenvalue weighted by atomic mass is 9.63. The molecule has 390 valence electrons. The molecular weight excluding hydrogens is 825 g/mol. The third-order valence-corrected chi connectivity index (χ3v) is 14.2. The van der Waals surface area contributed by atoms with Crippen LogP contribution in [0.4, 0.5) is 0 Å². The molecule has 5 heteroatoms. The van der Waals surface area contributed by atoms with E-state index in [1.54, 1.807) is 0 Å². The number of allylic oxidation sites excluding steroid dienone is 6. The van der Waals surface area contributed by atoms with E-state index in [4.69, 9.17) is 0 Å². The van der Waals surface area contributed by atoms with E-state index in [0.717, 1.165) is 122 Å². The summed E-state index contributed by atoms with van der Waals surface area (Å²) < 4.78 is 0. The van der Waals surface area contributed by atoms with Crippen molar-refractivity contribution in [1.82, 2.24) is 0 Å². The average Bonchev–Trinajstić information content (AvgIpc) is 3.32. The first-order valence-corrected chi connectivity index (χ1v) is 29.6. The van der Waals surface area contributed by atoms with Crippen molar-refractivity contribution < 1.29 is 24.3 Å². The molecule has 1 N–H and O–H groups in total. The first-order valence-electron chi connectivity index (χ1n) is 29.6. The highest BCUT2D eigenvalue weighted by atomic mass is 16.4. The summed E-state index contributed by atoms with van der Waals surface area (Å²) in [7, 11) is 0. The predicted molar refractivity (Wildman–Crippen MR) is 291 cm³/mol. The summed E-state index contributed by atoms with van der Waals surface area (Å²) in [6, 6.07) is 0. The molecule has 0 bridgehead atoms. The van der Waals surface area contributed by atoms with Crippen LogP contribution in [0.2, 0.25) is 0 Å². The molecule has 0 fully saturated rings. The van der Waals surface area contributed by atoms with Gasteiger partial charge in [-0.15, -0.1) is 0 Å². The molecule has 5 nitrogen and oxygen atoms in total. The van der Waals surface area contributed by atoms with Gasteiger partial charge in [0.05, 0.1) is 0 Å². The summed E-state index contributed by atoms with van der Waals surface area (Å²) in [5, 5.41) is 11.1. The highest BCUT2D eigenvalue weighted by molar-refractivity contribution is 6.24. The number of aliphatic carboxylic acids is 1. The number of rotatable bonds is 54. The van der Waals surface area contributed by atoms with Gasteiger partial charge in [0, 0.05) is 25.2 Å². The van der Waals surface area contributed by atoms with Crippen LogP contribution in [0.25, 0.3) is 0 Å². The van der Waals surface area contributed by atoms with Crippen LogP contribution in [0.3, 0.4) is 0 Å². The molecule has 0 saturated carbocycles. The maximum Gasteiger partial charge on any atom is 0.325 e. The summed E-state index contributed by atoms with van der Waals surface area (Å²) in [6.07, 6.45) is 61.5. The van der Waals surface area contributed by atoms with Gasteiger partial charge in [-0.05, 0) is 103 Å². The lowest BCUT2D eigenvalue weighted by Crippen LogP contribution is -2.54. The Morgan fingerprint density at radius 3 is 0.851 bits per heavy atom. The molecule has 0 aliphatic carbocycles. The first kappa shape index (κ1) is 64.7. The standard InChI is InChI=1S/C62H112O5/c1-5-9-13-16-19-22-25-28-31-34-37-40-43-46-50-54-58(63)57(53-49-12-8-4)62(61(66)67,59(64)55-51-47-44-41-38-35-32-29-26-23-20-17-14-10-6-2)60(65)56-52-48-45-42-39-36-33-30-27-24-21-18-15-11-7-3/h28-33,57H,5-27,34-56H2,1-4H3,(H,66,67). The molecule has 1 atom stereocenters. The van der Waals surface area contributed by atoms with Crippen molar-refractivity contribution in [2.45, 2.75) is 323 Å². The number of carboxylic acid groups (broad SMARTS) is 1. The number of Topliss-reactive ketones (excluding diaryl/α,β-unsaturated/α-hetero) is 3. The fourth-order valence-electron chi connectivity index (χ4n) is 9.80. The van der Waals surface area contributed by atoms with Gasteiger partial charge in [0.15, 0.2) is 17.0 Å². The van der Waals surface area contributed by atoms with Crippen LogP contribution in [-0.4, -0.2) is 28.4 Å². The number of unbranched alkanes of at least 4 members (excludes halogenated alkanes) is 35. The van der Waals surface area contributed by atoms with Gasteiger partial charge >= 0.3 is 5.97 Å². The molecule has 0 spiro atoms. The van der Waals surface area contributed by atoms with Crippen LogP contribution in [-0.2, 0) is 19.2 Å². The van der Waals surface area contributed by atoms with Gasteiger partial charge in [-0.25, -0.2) is 0 Å². The zero-order valence-corrected chi connectivity index (χ0v) is 45.1. The van der Waals surface area contributed by atoms with Crippen molar-refractivity contribution in [2.75, 3.05) is 0 Å². The van der Waals surface area contributed by atoms with Crippen molar-refractivity contribution in [3.05, 3.63) is 36.5 Å². The summed E-state index contributed by atoms with van der Waals surface area (Å²) in [4.78, 5) is 56.8. The number of hydrogen-bond acceptors (Lipinski definition) is 4. The van der Waals surface area contributed by atoms with Crippen molar-refractivity contribution in [2.24, 2.45) is 11.3 Å². The van der Waals surface area contributed by atoms with Gasteiger partial charge in [0.25, 0.3) is 0 Å². The second-order valence-corrected chi connectivity index (χ2v) is 20.5. The van der Waals surface area contributed by atoms with Crippen molar-refractivity contribution in [3.8, 4) is 0 Å². The third kappa shape index (κ3) is 36.3. The monoisotopic (exact) mass is 937 g/mol. The minimum Gasteiger partial charge on any atom is -0.480 e. The second-order valence-electron chi connectivity index (χ2n) is 20.5. The fraction of sp³-hybridized carbons (Fsp3) is 0.839. The number of carbonyl (C=O) groups is 4. The Morgan fingerprint density at radius 1 is 0.328 bits per heavy atom. The zero-order valence-electron chi connectivity index (χ0n) is 45.1. The summed E-state index contributed by atoms with van der Waals surface area (Å²) in [5.41, 5.74) is -2.27. The minimum absolute atomic E-state index is 0.0491. The van der Waals surface area contributed by atoms with Crippen LogP contribution < -0.4 is 0 Å². The van der Waals surface area contributed by atoms with Gasteiger partial charge < -0.3 is 5.11 Å². The Morgan fingerprint density at radius 2 is 0.567 bits per heavy atom. The normalized spacial score (nSPS) is 13.3. The highest BCUT2D eigenvalue weighted by Crippen LogP contribution is 2.40. The molecule has 0 saturated heterocycles. The zero-order chi connectivity index (χ0) is 49.2. The topological polar surface area (TPSA) is 88.5 Å².